The highest BCUT2D eigenvalue weighted by atomic mass is 32.2. The van der Waals surface area contributed by atoms with Crippen molar-refractivity contribution in [1.29, 1.82) is 0 Å². The van der Waals surface area contributed by atoms with Crippen LogP contribution in [0.5, 0.6) is 0 Å². The van der Waals surface area contributed by atoms with Gasteiger partial charge in [-0.3, -0.25) is 0 Å². The molecule has 1 heterocycles. The van der Waals surface area contributed by atoms with Crippen molar-refractivity contribution in [3.63, 3.8) is 0 Å². The third kappa shape index (κ3) is 3.88. The summed E-state index contributed by atoms with van der Waals surface area (Å²) in [6, 6.07) is 0. The highest BCUT2D eigenvalue weighted by Crippen LogP contribution is 2.37. The third-order valence-corrected chi connectivity index (χ3v) is 6.21. The minimum Gasteiger partial charge on any atom is -0.330 e. The van der Waals surface area contributed by atoms with Crippen molar-refractivity contribution in [3.8, 4) is 0 Å². The average Bonchev–Trinajstić information content (AvgIpc) is 2.52. The van der Waals surface area contributed by atoms with E-state index in [4.69, 9.17) is 5.73 Å². The topological polar surface area (TPSA) is 29.3 Å². The molecule has 2 rings (SSSR count). The molecular weight excluding hydrogens is 240 g/mol. The monoisotopic (exact) mass is 270 g/mol. The molecule has 0 unspecified atom stereocenters. The van der Waals surface area contributed by atoms with Crippen molar-refractivity contribution in [2.45, 2.75) is 57.1 Å². The number of hydrogen-bond donors (Lipinski definition) is 1. The van der Waals surface area contributed by atoms with Gasteiger partial charge in [-0.05, 0) is 37.8 Å². The Hall–Kier alpha value is 0.270. The summed E-state index contributed by atoms with van der Waals surface area (Å²) in [5.74, 6) is 1.29. The van der Waals surface area contributed by atoms with E-state index in [9.17, 15) is 0 Å². The summed E-state index contributed by atoms with van der Waals surface area (Å²) in [6.45, 7) is 9.44. The number of nitrogens with zero attached hydrogens (tertiary/aromatic N) is 1. The summed E-state index contributed by atoms with van der Waals surface area (Å²) >= 11 is 2.14. The van der Waals surface area contributed by atoms with Crippen molar-refractivity contribution >= 4 is 11.8 Å². The molecule has 0 aromatic rings. The summed E-state index contributed by atoms with van der Waals surface area (Å²) < 4.78 is 0.469. The van der Waals surface area contributed by atoms with Crippen molar-refractivity contribution < 1.29 is 0 Å². The third-order valence-electron chi connectivity index (χ3n) is 4.84. The molecule has 1 saturated heterocycles. The van der Waals surface area contributed by atoms with E-state index < -0.39 is 0 Å². The Morgan fingerprint density at radius 1 is 1.06 bits per heavy atom. The smallest absolute Gasteiger partial charge is 0.0116 e. The molecule has 18 heavy (non-hydrogen) atoms. The zero-order valence-electron chi connectivity index (χ0n) is 12.2. The van der Waals surface area contributed by atoms with Crippen molar-refractivity contribution in [2.24, 2.45) is 11.1 Å². The van der Waals surface area contributed by atoms with Crippen LogP contribution >= 0.6 is 11.8 Å². The van der Waals surface area contributed by atoms with Crippen LogP contribution in [0.3, 0.4) is 0 Å². The Labute approximate surface area is 117 Å². The molecule has 0 radical (unpaired) electrons. The Kier molecular flexibility index (Phi) is 5.01. The van der Waals surface area contributed by atoms with Gasteiger partial charge in [0.05, 0.1) is 0 Å². The fourth-order valence-corrected chi connectivity index (χ4v) is 4.56. The van der Waals surface area contributed by atoms with E-state index in [1.807, 2.05) is 0 Å². The number of nitrogens with two attached hydrogens (primary N) is 1. The second-order valence-corrected chi connectivity index (χ2v) is 8.70. The maximum Gasteiger partial charge on any atom is 0.0116 e. The normalized spacial score (nSPS) is 28.8. The van der Waals surface area contributed by atoms with Gasteiger partial charge in [-0.2, -0.15) is 11.8 Å². The van der Waals surface area contributed by atoms with Crippen LogP contribution in [0.4, 0.5) is 0 Å². The highest BCUT2D eigenvalue weighted by Gasteiger charge is 2.34. The second-order valence-electron chi connectivity index (χ2n) is 6.90. The van der Waals surface area contributed by atoms with Gasteiger partial charge in [0.25, 0.3) is 0 Å². The Balaban J connectivity index is 1.91. The first-order valence-corrected chi connectivity index (χ1v) is 8.60. The van der Waals surface area contributed by atoms with Crippen LogP contribution in [0.2, 0.25) is 0 Å². The molecule has 0 spiro atoms. The molecular formula is C15H30N2S. The van der Waals surface area contributed by atoms with Crippen LogP contribution in [-0.4, -0.2) is 41.6 Å². The predicted molar refractivity (Wildman–Crippen MR) is 82.2 cm³/mol. The largest absolute Gasteiger partial charge is 0.330 e. The van der Waals surface area contributed by atoms with Crippen LogP contribution in [0.25, 0.3) is 0 Å². The maximum atomic E-state index is 6.12. The van der Waals surface area contributed by atoms with E-state index in [-0.39, 0.29) is 0 Å². The zero-order valence-corrected chi connectivity index (χ0v) is 13.0. The van der Waals surface area contributed by atoms with Gasteiger partial charge in [0.1, 0.15) is 0 Å². The Bertz CT molecular complexity index is 259. The standard InChI is InChI=1S/C15H30N2S/c1-14(2)8-9-17(10-11-18-14)13-15(12-16)6-4-3-5-7-15/h3-13,16H2,1-2H3. The molecule has 1 aliphatic carbocycles. The van der Waals surface area contributed by atoms with E-state index in [1.165, 1.54) is 63.9 Å². The summed E-state index contributed by atoms with van der Waals surface area (Å²) in [5.41, 5.74) is 6.56. The summed E-state index contributed by atoms with van der Waals surface area (Å²) in [7, 11) is 0. The van der Waals surface area contributed by atoms with E-state index in [0.29, 0.717) is 10.2 Å². The number of hydrogen-bond acceptors (Lipinski definition) is 3. The number of thioether (sulfide) groups is 1. The molecule has 0 amide bonds. The van der Waals surface area contributed by atoms with Gasteiger partial charge in [-0.15, -0.1) is 0 Å². The Morgan fingerprint density at radius 3 is 2.44 bits per heavy atom. The van der Waals surface area contributed by atoms with Crippen molar-refractivity contribution in [1.82, 2.24) is 4.90 Å². The average molecular weight is 270 g/mol. The van der Waals surface area contributed by atoms with Gasteiger partial charge in [0.15, 0.2) is 0 Å². The summed E-state index contributed by atoms with van der Waals surface area (Å²) in [5, 5.41) is 0. The van der Waals surface area contributed by atoms with Crippen molar-refractivity contribution in [2.75, 3.05) is 31.9 Å². The zero-order chi connectivity index (χ0) is 13.1. The van der Waals surface area contributed by atoms with Crippen LogP contribution in [-0.2, 0) is 0 Å². The van der Waals surface area contributed by atoms with Gasteiger partial charge in [0.2, 0.25) is 0 Å². The molecule has 106 valence electrons. The lowest BCUT2D eigenvalue weighted by molar-refractivity contribution is 0.114. The van der Waals surface area contributed by atoms with Crippen LogP contribution in [0, 0.1) is 5.41 Å². The molecule has 2 fully saturated rings. The fourth-order valence-electron chi connectivity index (χ4n) is 3.42. The quantitative estimate of drug-likeness (QED) is 0.854. The second kappa shape index (κ2) is 6.15. The molecule has 2 N–H and O–H groups in total. The molecule has 2 nitrogen and oxygen atoms in total. The SMILES string of the molecule is CC1(C)CCN(CC2(CN)CCCCC2)CCS1. The lowest BCUT2D eigenvalue weighted by Crippen LogP contribution is -2.44. The molecule has 0 aromatic heterocycles. The summed E-state index contributed by atoms with van der Waals surface area (Å²) in [6.07, 6.45) is 8.24. The molecule has 0 aromatic carbocycles. The lowest BCUT2D eigenvalue weighted by atomic mass is 9.73. The maximum absolute atomic E-state index is 6.12. The summed E-state index contributed by atoms with van der Waals surface area (Å²) in [4.78, 5) is 2.69. The van der Waals surface area contributed by atoms with E-state index in [1.54, 1.807) is 0 Å². The van der Waals surface area contributed by atoms with Gasteiger partial charge in [-0.25, -0.2) is 0 Å². The van der Waals surface area contributed by atoms with Gasteiger partial charge in [0, 0.05) is 23.6 Å². The minimum atomic E-state index is 0.442. The molecule has 1 aliphatic heterocycles. The van der Waals surface area contributed by atoms with Gasteiger partial charge >= 0.3 is 0 Å². The van der Waals surface area contributed by atoms with Crippen LogP contribution in [0.1, 0.15) is 52.4 Å². The highest BCUT2D eigenvalue weighted by molar-refractivity contribution is 8.00. The predicted octanol–water partition coefficient (Wildman–Crippen LogP) is 3.11. The van der Waals surface area contributed by atoms with Gasteiger partial charge in [-0.1, -0.05) is 33.1 Å². The van der Waals surface area contributed by atoms with E-state index >= 15 is 0 Å². The van der Waals surface area contributed by atoms with Crippen LogP contribution < -0.4 is 5.73 Å². The fraction of sp³-hybridized carbons (Fsp3) is 1.00. The van der Waals surface area contributed by atoms with Crippen molar-refractivity contribution in [3.05, 3.63) is 0 Å². The van der Waals surface area contributed by atoms with E-state index in [0.717, 1.165) is 6.54 Å². The van der Waals surface area contributed by atoms with Crippen LogP contribution in [0.15, 0.2) is 0 Å². The molecule has 3 heteroatoms. The number of rotatable bonds is 3. The molecule has 0 atom stereocenters. The van der Waals surface area contributed by atoms with Gasteiger partial charge < -0.3 is 10.6 Å². The van der Waals surface area contributed by atoms with E-state index in [2.05, 4.69) is 30.5 Å². The first-order valence-electron chi connectivity index (χ1n) is 7.62. The Morgan fingerprint density at radius 2 is 1.78 bits per heavy atom. The molecule has 1 saturated carbocycles. The minimum absolute atomic E-state index is 0.442. The molecule has 2 aliphatic rings. The molecule has 0 bridgehead atoms. The first kappa shape index (κ1) is 14.7. The lowest BCUT2D eigenvalue weighted by Gasteiger charge is -2.40. The first-order chi connectivity index (χ1) is 8.55.